The molecule has 3 rings (SSSR count). The lowest BCUT2D eigenvalue weighted by Crippen LogP contribution is -2.25. The van der Waals surface area contributed by atoms with Crippen LogP contribution in [-0.2, 0) is 16.0 Å². The zero-order chi connectivity index (χ0) is 22.9. The van der Waals surface area contributed by atoms with Crippen molar-refractivity contribution < 1.29 is 14.3 Å². The van der Waals surface area contributed by atoms with E-state index in [1.165, 1.54) is 12.8 Å². The molecule has 0 bridgehead atoms. The van der Waals surface area contributed by atoms with Crippen LogP contribution in [0.3, 0.4) is 0 Å². The van der Waals surface area contributed by atoms with Gasteiger partial charge >= 0.3 is 5.97 Å². The van der Waals surface area contributed by atoms with Crippen LogP contribution in [0.5, 0.6) is 5.75 Å². The molecule has 0 spiro atoms. The van der Waals surface area contributed by atoms with E-state index < -0.39 is 6.04 Å². The number of nitrogens with one attached hydrogen (secondary N) is 2. The van der Waals surface area contributed by atoms with Crippen molar-refractivity contribution in [1.82, 2.24) is 4.90 Å². The first-order valence-corrected chi connectivity index (χ1v) is 11.4. The number of anilines is 1. The highest BCUT2D eigenvalue weighted by Crippen LogP contribution is 2.27. The van der Waals surface area contributed by atoms with Crippen LogP contribution in [0.4, 0.5) is 5.69 Å². The van der Waals surface area contributed by atoms with Crippen molar-refractivity contribution in [1.29, 1.82) is 5.41 Å². The van der Waals surface area contributed by atoms with Gasteiger partial charge in [-0.15, -0.1) is 0 Å². The molecule has 4 N–H and O–H groups in total. The molecule has 7 heteroatoms. The Morgan fingerprint density at radius 2 is 1.88 bits per heavy atom. The van der Waals surface area contributed by atoms with Gasteiger partial charge in [0.1, 0.15) is 18.2 Å². The molecule has 2 aromatic carbocycles. The maximum absolute atomic E-state index is 12.8. The Bertz CT molecular complexity index is 908. The number of hydrogen-bond acceptors (Lipinski definition) is 6. The quantitative estimate of drug-likeness (QED) is 0.281. The van der Waals surface area contributed by atoms with Gasteiger partial charge in [0.15, 0.2) is 6.04 Å². The first-order chi connectivity index (χ1) is 15.5. The second-order valence-corrected chi connectivity index (χ2v) is 7.98. The van der Waals surface area contributed by atoms with Gasteiger partial charge in [0.25, 0.3) is 0 Å². The Morgan fingerprint density at radius 3 is 2.50 bits per heavy atom. The summed E-state index contributed by atoms with van der Waals surface area (Å²) in [6, 6.07) is 12.4. The van der Waals surface area contributed by atoms with Gasteiger partial charge in [0.05, 0.1) is 6.61 Å². The van der Waals surface area contributed by atoms with Crippen LogP contribution >= 0.6 is 0 Å². The van der Waals surface area contributed by atoms with Crippen molar-refractivity contribution in [3.8, 4) is 5.75 Å². The van der Waals surface area contributed by atoms with E-state index in [1.807, 2.05) is 18.2 Å². The highest BCUT2D eigenvalue weighted by Gasteiger charge is 2.23. The third-order valence-corrected chi connectivity index (χ3v) is 5.63. The molecule has 0 aromatic heterocycles. The van der Waals surface area contributed by atoms with Crippen LogP contribution in [0.1, 0.15) is 49.4 Å². The average Bonchev–Trinajstić information content (AvgIpc) is 3.31. The Morgan fingerprint density at radius 1 is 1.16 bits per heavy atom. The van der Waals surface area contributed by atoms with Gasteiger partial charge in [-0.25, -0.2) is 4.79 Å². The number of benzene rings is 2. The van der Waals surface area contributed by atoms with E-state index in [0.29, 0.717) is 18.8 Å². The summed E-state index contributed by atoms with van der Waals surface area (Å²) in [4.78, 5) is 15.3. The zero-order valence-electron chi connectivity index (χ0n) is 19.0. The number of likely N-dealkylation sites (tertiary alicyclic amines) is 1. The van der Waals surface area contributed by atoms with E-state index in [4.69, 9.17) is 20.6 Å². The van der Waals surface area contributed by atoms with Crippen LogP contribution in [0.15, 0.2) is 42.5 Å². The average molecular weight is 439 g/mol. The first-order valence-electron chi connectivity index (χ1n) is 11.4. The number of carbonyl (C=O) groups excluding carboxylic acids is 1. The number of ether oxygens (including phenoxy) is 2. The summed E-state index contributed by atoms with van der Waals surface area (Å²) in [5, 5.41) is 10.8. The largest absolute Gasteiger partial charge is 0.492 e. The number of nitrogens with zero attached hydrogens (tertiary/aromatic N) is 1. The molecule has 32 heavy (non-hydrogen) atoms. The van der Waals surface area contributed by atoms with Gasteiger partial charge in [0, 0.05) is 17.8 Å². The molecular formula is C25H34N4O3. The predicted octanol–water partition coefficient (Wildman–Crippen LogP) is 3.72. The minimum Gasteiger partial charge on any atom is -0.492 e. The molecule has 0 amide bonds. The number of rotatable bonds is 11. The van der Waals surface area contributed by atoms with Gasteiger partial charge in [-0.05, 0) is 86.8 Å². The third kappa shape index (κ3) is 6.47. The molecule has 172 valence electrons. The number of nitrogen functional groups attached to an aromatic ring is 1. The molecule has 0 radical (unpaired) electrons. The van der Waals surface area contributed by atoms with Crippen LogP contribution < -0.4 is 15.8 Å². The minimum atomic E-state index is -0.675. The van der Waals surface area contributed by atoms with Gasteiger partial charge < -0.3 is 20.5 Å². The molecule has 0 aliphatic carbocycles. The Hall–Kier alpha value is -3.06. The predicted molar refractivity (Wildman–Crippen MR) is 127 cm³/mol. The molecule has 1 saturated heterocycles. The van der Waals surface area contributed by atoms with Crippen molar-refractivity contribution in [3.05, 3.63) is 59.2 Å². The summed E-state index contributed by atoms with van der Waals surface area (Å²) in [6.07, 6.45) is 3.35. The van der Waals surface area contributed by atoms with E-state index in [-0.39, 0.29) is 11.8 Å². The standard InChI is InChI=1S/C25H34N4O3/c1-3-18-15-20(17-22(16-18)32-14-13-29-11-5-6-12-29)23(25(30)31-4-2)28-21-9-7-19(8-10-21)24(26)27/h7-10,15-17,23,28H,3-6,11-14H2,1-2H3,(H3,26,27). The van der Waals surface area contributed by atoms with Crippen LogP contribution in [0.2, 0.25) is 0 Å². The molecule has 1 unspecified atom stereocenters. The molecule has 0 saturated carbocycles. The Labute approximate surface area is 190 Å². The van der Waals surface area contributed by atoms with Crippen molar-refractivity contribution in [2.24, 2.45) is 5.73 Å². The molecular weight excluding hydrogens is 404 g/mol. The van der Waals surface area contributed by atoms with Crippen molar-refractivity contribution in [3.63, 3.8) is 0 Å². The third-order valence-electron chi connectivity index (χ3n) is 5.63. The van der Waals surface area contributed by atoms with Crippen molar-refractivity contribution in [2.75, 3.05) is 38.2 Å². The topological polar surface area (TPSA) is 101 Å². The molecule has 7 nitrogen and oxygen atoms in total. The number of aryl methyl sites for hydroxylation is 1. The number of nitrogens with two attached hydrogens (primary N) is 1. The smallest absolute Gasteiger partial charge is 0.333 e. The maximum atomic E-state index is 12.8. The fraction of sp³-hybridized carbons (Fsp3) is 0.440. The highest BCUT2D eigenvalue weighted by atomic mass is 16.5. The fourth-order valence-corrected chi connectivity index (χ4v) is 3.86. The number of amidine groups is 1. The van der Waals surface area contributed by atoms with Crippen LogP contribution in [-0.4, -0.2) is 49.6 Å². The van der Waals surface area contributed by atoms with E-state index in [9.17, 15) is 4.79 Å². The van der Waals surface area contributed by atoms with Gasteiger partial charge in [0.2, 0.25) is 0 Å². The molecule has 1 fully saturated rings. The van der Waals surface area contributed by atoms with Gasteiger partial charge in [-0.2, -0.15) is 0 Å². The molecule has 1 aliphatic rings. The Balaban J connectivity index is 1.80. The molecule has 1 heterocycles. The summed E-state index contributed by atoms with van der Waals surface area (Å²) in [5.74, 6) is 0.422. The summed E-state index contributed by atoms with van der Waals surface area (Å²) in [6.45, 7) is 7.99. The Kier molecular flexibility index (Phi) is 8.50. The van der Waals surface area contributed by atoms with E-state index in [0.717, 1.165) is 48.6 Å². The first kappa shape index (κ1) is 23.6. The molecule has 1 aliphatic heterocycles. The number of hydrogen-bond donors (Lipinski definition) is 3. The highest BCUT2D eigenvalue weighted by molar-refractivity contribution is 5.95. The fourth-order valence-electron chi connectivity index (χ4n) is 3.86. The summed E-state index contributed by atoms with van der Waals surface area (Å²) in [5.41, 5.74) is 8.82. The van der Waals surface area contributed by atoms with Crippen molar-refractivity contribution >= 4 is 17.5 Å². The normalized spacial score (nSPS) is 14.7. The van der Waals surface area contributed by atoms with Gasteiger partial charge in [-0.1, -0.05) is 13.0 Å². The van der Waals surface area contributed by atoms with Crippen molar-refractivity contribution in [2.45, 2.75) is 39.2 Å². The molecule has 2 aromatic rings. The van der Waals surface area contributed by atoms with Crippen LogP contribution in [0, 0.1) is 5.41 Å². The van der Waals surface area contributed by atoms with Gasteiger partial charge in [-0.3, -0.25) is 10.3 Å². The molecule has 1 atom stereocenters. The number of esters is 1. The van der Waals surface area contributed by atoms with Crippen LogP contribution in [0.25, 0.3) is 0 Å². The SMILES string of the molecule is CCOC(=O)C(Nc1ccc(C(=N)N)cc1)c1cc(CC)cc(OCCN2CCCC2)c1. The lowest BCUT2D eigenvalue weighted by Gasteiger charge is -2.21. The monoisotopic (exact) mass is 438 g/mol. The summed E-state index contributed by atoms with van der Waals surface area (Å²) >= 11 is 0. The lowest BCUT2D eigenvalue weighted by atomic mass is 10.0. The zero-order valence-corrected chi connectivity index (χ0v) is 19.0. The lowest BCUT2D eigenvalue weighted by molar-refractivity contribution is -0.144. The summed E-state index contributed by atoms with van der Waals surface area (Å²) in [7, 11) is 0. The van der Waals surface area contributed by atoms with E-state index in [1.54, 1.807) is 31.2 Å². The summed E-state index contributed by atoms with van der Waals surface area (Å²) < 4.78 is 11.4. The second kappa shape index (κ2) is 11.5. The minimum absolute atomic E-state index is 0.00450. The van der Waals surface area contributed by atoms with E-state index in [2.05, 4.69) is 17.1 Å². The number of carbonyl (C=O) groups is 1. The second-order valence-electron chi connectivity index (χ2n) is 7.98. The maximum Gasteiger partial charge on any atom is 0.333 e. The van der Waals surface area contributed by atoms with E-state index >= 15 is 0 Å².